The van der Waals surface area contributed by atoms with Gasteiger partial charge in [-0.1, -0.05) is 98.6 Å². The van der Waals surface area contributed by atoms with Crippen molar-refractivity contribution < 1.29 is 9.90 Å². The van der Waals surface area contributed by atoms with E-state index >= 15 is 0 Å². The van der Waals surface area contributed by atoms with E-state index in [0.29, 0.717) is 12.3 Å². The van der Waals surface area contributed by atoms with Crippen molar-refractivity contribution in [2.75, 3.05) is 13.1 Å². The Morgan fingerprint density at radius 1 is 0.756 bits per heavy atom. The van der Waals surface area contributed by atoms with Gasteiger partial charge in [0, 0.05) is 37.8 Å². The van der Waals surface area contributed by atoms with Crippen LogP contribution < -0.4 is 0 Å². The zero-order valence-electron chi connectivity index (χ0n) is 24.2. The fourth-order valence-electron chi connectivity index (χ4n) is 5.80. The Labute approximate surface area is 245 Å². The number of piperidine rings is 1. The van der Waals surface area contributed by atoms with Crippen molar-refractivity contribution in [1.29, 1.82) is 0 Å². The summed E-state index contributed by atoms with van der Waals surface area (Å²) in [5.74, 6) is 0.418. The minimum atomic E-state index is 0.120. The van der Waals surface area contributed by atoms with Gasteiger partial charge >= 0.3 is 0 Å². The number of hydrogen-bond donors (Lipinski definition) is 1. The van der Waals surface area contributed by atoms with Crippen molar-refractivity contribution in [1.82, 2.24) is 9.80 Å². The van der Waals surface area contributed by atoms with Crippen LogP contribution in [0.1, 0.15) is 66.1 Å². The van der Waals surface area contributed by atoms with Gasteiger partial charge in [-0.05, 0) is 77.8 Å². The number of aryl methyl sites for hydroxylation is 1. The quantitative estimate of drug-likeness (QED) is 0.193. The van der Waals surface area contributed by atoms with Crippen LogP contribution in [-0.2, 0) is 19.5 Å². The maximum atomic E-state index is 14.0. The number of carbonyl (C=O) groups excluding carboxylic acids is 1. The summed E-state index contributed by atoms with van der Waals surface area (Å²) in [4.78, 5) is 18.6. The molecule has 4 aromatic rings. The van der Waals surface area contributed by atoms with Gasteiger partial charge in [0.2, 0.25) is 0 Å². The fourth-order valence-corrected chi connectivity index (χ4v) is 5.80. The summed E-state index contributed by atoms with van der Waals surface area (Å²) in [5.41, 5.74) is 6.82. The molecule has 1 N–H and O–H groups in total. The Hall–Kier alpha value is -3.89. The standard InChI is InChI=1S/C37H42N2O2/c1-2-3-5-8-29-11-19-34(20-12-29)37(41)39(28-31-13-17-33(18-14-31)32-9-6-4-7-10-32)35-23-25-38(26-24-35)27-30-15-21-36(40)22-16-30/h4,6-7,9-22,35,40H,2-3,5,8,23-28H2,1H3. The molecular weight excluding hydrogens is 504 g/mol. The predicted molar refractivity (Wildman–Crippen MR) is 168 cm³/mol. The number of phenols is 1. The Morgan fingerprint density at radius 3 is 2.02 bits per heavy atom. The van der Waals surface area contributed by atoms with Gasteiger partial charge in [0.05, 0.1) is 0 Å². The Morgan fingerprint density at radius 2 is 1.37 bits per heavy atom. The van der Waals surface area contributed by atoms with Crippen molar-refractivity contribution in [3.8, 4) is 16.9 Å². The molecule has 0 unspecified atom stereocenters. The normalized spacial score (nSPS) is 14.2. The van der Waals surface area contributed by atoms with Crippen LogP contribution in [0.3, 0.4) is 0 Å². The van der Waals surface area contributed by atoms with Crippen molar-refractivity contribution in [2.24, 2.45) is 0 Å². The van der Waals surface area contributed by atoms with Crippen LogP contribution in [0.15, 0.2) is 103 Å². The van der Waals surface area contributed by atoms with Gasteiger partial charge in [-0.2, -0.15) is 0 Å². The first kappa shape index (κ1) is 28.6. The van der Waals surface area contributed by atoms with Gasteiger partial charge < -0.3 is 10.0 Å². The van der Waals surface area contributed by atoms with Gasteiger partial charge in [-0.25, -0.2) is 0 Å². The zero-order chi connectivity index (χ0) is 28.4. The molecule has 0 spiro atoms. The molecule has 1 aliphatic rings. The summed E-state index contributed by atoms with van der Waals surface area (Å²) >= 11 is 0. The smallest absolute Gasteiger partial charge is 0.254 e. The molecule has 4 nitrogen and oxygen atoms in total. The summed E-state index contributed by atoms with van der Waals surface area (Å²) in [6.07, 6.45) is 6.60. The number of amides is 1. The molecule has 4 heteroatoms. The summed E-state index contributed by atoms with van der Waals surface area (Å²) in [5, 5.41) is 9.61. The first-order chi connectivity index (χ1) is 20.1. The number of phenolic OH excluding ortho intramolecular Hbond substituents is 1. The molecule has 0 atom stereocenters. The van der Waals surface area contributed by atoms with Crippen molar-refractivity contribution in [3.63, 3.8) is 0 Å². The van der Waals surface area contributed by atoms with Crippen LogP contribution in [0.5, 0.6) is 5.75 Å². The van der Waals surface area contributed by atoms with E-state index in [1.165, 1.54) is 41.5 Å². The highest BCUT2D eigenvalue weighted by molar-refractivity contribution is 5.94. The number of rotatable bonds is 11. The number of carbonyl (C=O) groups is 1. The fraction of sp³-hybridized carbons (Fsp3) is 0.324. The molecule has 1 heterocycles. The number of aromatic hydroxyl groups is 1. The van der Waals surface area contributed by atoms with Crippen LogP contribution in [0.4, 0.5) is 0 Å². The Kier molecular flexibility index (Phi) is 9.87. The van der Waals surface area contributed by atoms with Crippen molar-refractivity contribution in [3.05, 3.63) is 125 Å². The lowest BCUT2D eigenvalue weighted by molar-refractivity contribution is 0.0543. The van der Waals surface area contributed by atoms with Crippen molar-refractivity contribution >= 4 is 5.91 Å². The number of benzene rings is 4. The van der Waals surface area contributed by atoms with Gasteiger partial charge in [-0.3, -0.25) is 9.69 Å². The van der Waals surface area contributed by atoms with E-state index in [4.69, 9.17) is 0 Å². The monoisotopic (exact) mass is 546 g/mol. The number of hydrogen-bond acceptors (Lipinski definition) is 3. The lowest BCUT2D eigenvalue weighted by Crippen LogP contribution is -2.46. The summed E-state index contributed by atoms with van der Waals surface area (Å²) in [6, 6.07) is 35.1. The van der Waals surface area contributed by atoms with E-state index in [0.717, 1.165) is 50.0 Å². The third kappa shape index (κ3) is 7.86. The van der Waals surface area contributed by atoms with E-state index < -0.39 is 0 Å². The van der Waals surface area contributed by atoms with E-state index in [2.05, 4.69) is 77.4 Å². The topological polar surface area (TPSA) is 43.8 Å². The minimum absolute atomic E-state index is 0.120. The molecule has 1 saturated heterocycles. The number of unbranched alkanes of at least 4 members (excludes halogenated alkanes) is 2. The predicted octanol–water partition coefficient (Wildman–Crippen LogP) is 8.10. The lowest BCUT2D eigenvalue weighted by atomic mass is 9.98. The highest BCUT2D eigenvalue weighted by Gasteiger charge is 2.29. The van der Waals surface area contributed by atoms with Gasteiger partial charge in [-0.15, -0.1) is 0 Å². The molecule has 212 valence electrons. The second-order valence-electron chi connectivity index (χ2n) is 11.3. The second kappa shape index (κ2) is 14.1. The highest BCUT2D eigenvalue weighted by Crippen LogP contribution is 2.25. The molecule has 1 fully saturated rings. The first-order valence-corrected chi connectivity index (χ1v) is 15.1. The van der Waals surface area contributed by atoms with E-state index in [1.807, 2.05) is 30.3 Å². The average molecular weight is 547 g/mol. The number of nitrogens with zero attached hydrogens (tertiary/aromatic N) is 2. The molecule has 0 saturated carbocycles. The van der Waals surface area contributed by atoms with Crippen LogP contribution in [-0.4, -0.2) is 39.9 Å². The van der Waals surface area contributed by atoms with Gasteiger partial charge in [0.1, 0.15) is 5.75 Å². The van der Waals surface area contributed by atoms with Crippen LogP contribution in [0, 0.1) is 0 Å². The Bertz CT molecular complexity index is 1360. The molecule has 1 aliphatic heterocycles. The van der Waals surface area contributed by atoms with E-state index in [1.54, 1.807) is 12.1 Å². The van der Waals surface area contributed by atoms with Gasteiger partial charge in [0.15, 0.2) is 0 Å². The molecule has 0 aromatic heterocycles. The number of likely N-dealkylation sites (tertiary alicyclic amines) is 1. The first-order valence-electron chi connectivity index (χ1n) is 15.1. The third-order valence-electron chi connectivity index (χ3n) is 8.29. The van der Waals surface area contributed by atoms with E-state index in [-0.39, 0.29) is 11.9 Å². The summed E-state index contributed by atoms with van der Waals surface area (Å²) in [7, 11) is 0. The summed E-state index contributed by atoms with van der Waals surface area (Å²) in [6.45, 7) is 5.58. The van der Waals surface area contributed by atoms with Crippen LogP contribution in [0.2, 0.25) is 0 Å². The molecule has 4 aromatic carbocycles. The zero-order valence-corrected chi connectivity index (χ0v) is 24.2. The van der Waals surface area contributed by atoms with Crippen LogP contribution in [0.25, 0.3) is 11.1 Å². The second-order valence-corrected chi connectivity index (χ2v) is 11.3. The molecule has 0 bridgehead atoms. The lowest BCUT2D eigenvalue weighted by Gasteiger charge is -2.39. The van der Waals surface area contributed by atoms with Gasteiger partial charge in [0.25, 0.3) is 5.91 Å². The maximum absolute atomic E-state index is 14.0. The maximum Gasteiger partial charge on any atom is 0.254 e. The molecular formula is C37H42N2O2. The Balaban J connectivity index is 1.30. The third-order valence-corrected chi connectivity index (χ3v) is 8.29. The molecule has 5 rings (SSSR count). The largest absolute Gasteiger partial charge is 0.508 e. The van der Waals surface area contributed by atoms with Crippen LogP contribution >= 0.6 is 0 Å². The molecule has 41 heavy (non-hydrogen) atoms. The minimum Gasteiger partial charge on any atom is -0.508 e. The average Bonchev–Trinajstić information content (AvgIpc) is 3.02. The SMILES string of the molecule is CCCCCc1ccc(C(=O)N(Cc2ccc(-c3ccccc3)cc2)C2CCN(Cc3ccc(O)cc3)CC2)cc1. The molecule has 0 radical (unpaired) electrons. The molecule has 0 aliphatic carbocycles. The molecule has 1 amide bonds. The summed E-state index contributed by atoms with van der Waals surface area (Å²) < 4.78 is 0. The van der Waals surface area contributed by atoms with E-state index in [9.17, 15) is 9.90 Å². The van der Waals surface area contributed by atoms with Crippen molar-refractivity contribution in [2.45, 2.75) is 64.6 Å². The highest BCUT2D eigenvalue weighted by atomic mass is 16.3.